The van der Waals surface area contributed by atoms with E-state index in [1.807, 2.05) is 42.8 Å². The van der Waals surface area contributed by atoms with Crippen molar-refractivity contribution in [1.82, 2.24) is 25.6 Å². The zero-order chi connectivity index (χ0) is 19.4. The molecule has 3 rings (SSSR count). The van der Waals surface area contributed by atoms with Crippen LogP contribution in [0.2, 0.25) is 0 Å². The summed E-state index contributed by atoms with van der Waals surface area (Å²) in [5, 5.41) is 17.4. The van der Waals surface area contributed by atoms with Gasteiger partial charge in [-0.05, 0) is 57.5 Å². The van der Waals surface area contributed by atoms with Gasteiger partial charge in [0.1, 0.15) is 0 Å². The first-order valence-corrected chi connectivity index (χ1v) is 9.26. The van der Waals surface area contributed by atoms with Gasteiger partial charge in [-0.3, -0.25) is 9.59 Å². The predicted molar refractivity (Wildman–Crippen MR) is 110 cm³/mol. The van der Waals surface area contributed by atoms with Gasteiger partial charge >= 0.3 is 0 Å². The molecule has 1 aliphatic rings. The maximum atomic E-state index is 12.7. The van der Waals surface area contributed by atoms with Crippen LogP contribution in [0.1, 0.15) is 60.5 Å². The summed E-state index contributed by atoms with van der Waals surface area (Å²) in [5.41, 5.74) is 2.75. The van der Waals surface area contributed by atoms with Crippen LogP contribution < -0.4 is 16.0 Å². The van der Waals surface area contributed by atoms with Crippen molar-refractivity contribution in [2.75, 3.05) is 18.4 Å². The van der Waals surface area contributed by atoms with E-state index in [2.05, 4.69) is 26.3 Å². The molecule has 152 valence electrons. The Morgan fingerprint density at radius 2 is 2.00 bits per heavy atom. The van der Waals surface area contributed by atoms with Gasteiger partial charge in [-0.2, -0.15) is 0 Å². The third-order valence-corrected chi connectivity index (χ3v) is 4.85. The lowest BCUT2D eigenvalue weighted by Crippen LogP contribution is -2.31. The number of carbonyl (C=O) groups excluding carboxylic acids is 2. The summed E-state index contributed by atoms with van der Waals surface area (Å²) in [4.78, 5) is 23.9. The van der Waals surface area contributed by atoms with Gasteiger partial charge in [0.15, 0.2) is 5.69 Å². The van der Waals surface area contributed by atoms with Gasteiger partial charge in [-0.1, -0.05) is 17.3 Å². The van der Waals surface area contributed by atoms with Gasteiger partial charge in [0, 0.05) is 12.6 Å². The van der Waals surface area contributed by atoms with E-state index in [-0.39, 0.29) is 36.3 Å². The molecule has 1 saturated heterocycles. The maximum Gasteiger partial charge on any atom is 0.274 e. The number of benzene rings is 1. The van der Waals surface area contributed by atoms with Crippen molar-refractivity contribution in [1.29, 1.82) is 0 Å². The highest BCUT2D eigenvalue weighted by atomic mass is 35.5. The molecule has 8 nitrogen and oxygen atoms in total. The molecule has 1 unspecified atom stereocenters. The Labute approximate surface area is 170 Å². The lowest BCUT2D eigenvalue weighted by atomic mass is 10.1. The number of nitrogens with one attached hydrogen (secondary N) is 3. The van der Waals surface area contributed by atoms with Crippen LogP contribution in [-0.2, 0) is 4.79 Å². The van der Waals surface area contributed by atoms with Crippen LogP contribution in [0.4, 0.5) is 5.69 Å². The number of hydrogen-bond acceptors (Lipinski definition) is 5. The molecule has 1 fully saturated rings. The largest absolute Gasteiger partial charge is 0.344 e. The summed E-state index contributed by atoms with van der Waals surface area (Å²) in [6.45, 7) is 7.16. The standard InChI is InChI=1S/C19H26N6O2.ClH/c1-12(15-5-4-6-16(11-15)22-14(3)26)21-19(27)18-13(2)25(24-23-18)17-7-9-20-10-8-17;/h4-6,11-12,17,20H,7-10H2,1-3H3,(H,21,27)(H,22,26);1H. The minimum atomic E-state index is -0.245. The first-order chi connectivity index (χ1) is 13.0. The summed E-state index contributed by atoms with van der Waals surface area (Å²) in [7, 11) is 0. The molecule has 0 radical (unpaired) electrons. The van der Waals surface area contributed by atoms with Crippen LogP contribution in [0.5, 0.6) is 0 Å². The second-order valence-corrected chi connectivity index (χ2v) is 6.95. The first kappa shape index (κ1) is 21.8. The third kappa shape index (κ3) is 5.08. The Kier molecular flexibility index (Phi) is 7.53. The summed E-state index contributed by atoms with van der Waals surface area (Å²) in [5.74, 6) is -0.376. The lowest BCUT2D eigenvalue weighted by Gasteiger charge is -2.23. The monoisotopic (exact) mass is 406 g/mol. The van der Waals surface area contributed by atoms with Crippen LogP contribution in [0.15, 0.2) is 24.3 Å². The second-order valence-electron chi connectivity index (χ2n) is 6.95. The minimum Gasteiger partial charge on any atom is -0.344 e. The molecule has 0 bridgehead atoms. The summed E-state index contributed by atoms with van der Waals surface area (Å²) in [6, 6.07) is 7.48. The van der Waals surface area contributed by atoms with Crippen LogP contribution in [0, 0.1) is 6.92 Å². The average molecular weight is 407 g/mol. The Morgan fingerprint density at radius 1 is 1.29 bits per heavy atom. The highest BCUT2D eigenvalue weighted by molar-refractivity contribution is 5.93. The lowest BCUT2D eigenvalue weighted by molar-refractivity contribution is -0.114. The number of hydrogen-bond donors (Lipinski definition) is 3. The summed E-state index contributed by atoms with van der Waals surface area (Å²) < 4.78 is 1.87. The number of halogens is 1. The third-order valence-electron chi connectivity index (χ3n) is 4.85. The zero-order valence-corrected chi connectivity index (χ0v) is 17.2. The normalized spacial score (nSPS) is 15.4. The van der Waals surface area contributed by atoms with Gasteiger partial charge in [0.05, 0.1) is 17.8 Å². The van der Waals surface area contributed by atoms with Crippen molar-refractivity contribution in [2.24, 2.45) is 0 Å². The molecule has 1 aromatic heterocycles. The molecular formula is C19H27ClN6O2. The van der Waals surface area contributed by atoms with Gasteiger partial charge < -0.3 is 16.0 Å². The van der Waals surface area contributed by atoms with Crippen LogP contribution in [0.25, 0.3) is 0 Å². The van der Waals surface area contributed by atoms with Gasteiger partial charge in [-0.25, -0.2) is 4.68 Å². The summed E-state index contributed by atoms with van der Waals surface area (Å²) >= 11 is 0. The predicted octanol–water partition coefficient (Wildman–Crippen LogP) is 2.38. The van der Waals surface area contributed by atoms with E-state index in [1.54, 1.807) is 0 Å². The molecule has 0 spiro atoms. The molecule has 1 aromatic carbocycles. The van der Waals surface area contributed by atoms with E-state index < -0.39 is 0 Å². The number of aromatic nitrogens is 3. The van der Waals surface area contributed by atoms with Crippen molar-refractivity contribution in [3.05, 3.63) is 41.2 Å². The van der Waals surface area contributed by atoms with Crippen LogP contribution >= 0.6 is 12.4 Å². The molecule has 2 amide bonds. The Bertz CT molecular complexity index is 832. The fraction of sp³-hybridized carbons (Fsp3) is 0.474. The first-order valence-electron chi connectivity index (χ1n) is 9.26. The maximum absolute atomic E-state index is 12.7. The van der Waals surface area contributed by atoms with Crippen molar-refractivity contribution in [3.63, 3.8) is 0 Å². The number of nitrogens with zero attached hydrogens (tertiary/aromatic N) is 3. The van der Waals surface area contributed by atoms with Gasteiger partial charge in [0.2, 0.25) is 5.91 Å². The molecule has 2 aromatic rings. The molecule has 9 heteroatoms. The smallest absolute Gasteiger partial charge is 0.274 e. The Balaban J connectivity index is 0.00000280. The van der Waals surface area contributed by atoms with Crippen LogP contribution in [0.3, 0.4) is 0 Å². The van der Waals surface area contributed by atoms with Gasteiger partial charge in [0.25, 0.3) is 5.91 Å². The fourth-order valence-corrected chi connectivity index (χ4v) is 3.39. The van der Waals surface area contributed by atoms with Crippen LogP contribution in [-0.4, -0.2) is 39.9 Å². The number of rotatable bonds is 5. The van der Waals surface area contributed by atoms with E-state index >= 15 is 0 Å². The fourth-order valence-electron chi connectivity index (χ4n) is 3.39. The van der Waals surface area contributed by atoms with E-state index in [9.17, 15) is 9.59 Å². The van der Waals surface area contributed by atoms with Gasteiger partial charge in [-0.15, -0.1) is 17.5 Å². The van der Waals surface area contributed by atoms with E-state index in [1.165, 1.54) is 6.92 Å². The number of carbonyl (C=O) groups is 2. The molecule has 1 aliphatic heterocycles. The van der Waals surface area contributed by atoms with Crippen molar-refractivity contribution >= 4 is 29.9 Å². The molecule has 0 saturated carbocycles. The number of amides is 2. The molecule has 3 N–H and O–H groups in total. The number of anilines is 1. The van der Waals surface area contributed by atoms with E-state index in [4.69, 9.17) is 0 Å². The topological polar surface area (TPSA) is 101 Å². The van der Waals surface area contributed by atoms with Crippen molar-refractivity contribution in [3.8, 4) is 0 Å². The molecule has 0 aliphatic carbocycles. The summed E-state index contributed by atoms with van der Waals surface area (Å²) in [6.07, 6.45) is 1.97. The molecule has 28 heavy (non-hydrogen) atoms. The quantitative estimate of drug-likeness (QED) is 0.707. The van der Waals surface area contributed by atoms with E-state index in [0.717, 1.165) is 37.2 Å². The minimum absolute atomic E-state index is 0. The van der Waals surface area contributed by atoms with Crippen molar-refractivity contribution in [2.45, 2.75) is 45.7 Å². The van der Waals surface area contributed by atoms with E-state index in [0.29, 0.717) is 11.4 Å². The molecule has 2 heterocycles. The second kappa shape index (κ2) is 9.66. The molecule has 1 atom stereocenters. The Hall–Kier alpha value is -2.45. The average Bonchev–Trinajstić information content (AvgIpc) is 3.03. The SMILES string of the molecule is CC(=O)Nc1cccc(C(C)NC(=O)c2nnn(C3CCNCC3)c2C)c1.Cl. The Morgan fingerprint density at radius 3 is 2.68 bits per heavy atom. The van der Waals surface area contributed by atoms with Crippen molar-refractivity contribution < 1.29 is 9.59 Å². The number of piperidine rings is 1. The molecular weight excluding hydrogens is 380 g/mol. The highest BCUT2D eigenvalue weighted by Gasteiger charge is 2.23. The highest BCUT2D eigenvalue weighted by Crippen LogP contribution is 2.21. The zero-order valence-electron chi connectivity index (χ0n) is 16.4.